The van der Waals surface area contributed by atoms with Crippen LogP contribution in [0.5, 0.6) is 11.5 Å². The molecular weight excluding hydrogens is 336 g/mol. The van der Waals surface area contributed by atoms with Crippen LogP contribution in [0.25, 0.3) is 0 Å². The summed E-state index contributed by atoms with van der Waals surface area (Å²) in [5.74, 6) is 2.72. The number of likely N-dealkylation sites (tertiary alicyclic amines) is 2. The monoisotopic (exact) mass is 366 g/mol. The van der Waals surface area contributed by atoms with E-state index in [9.17, 15) is 5.11 Å². The molecule has 2 atom stereocenters. The maximum atomic E-state index is 9.84. The predicted octanol–water partition coefficient (Wildman–Crippen LogP) is 3.62. The number of rotatable bonds is 7. The van der Waals surface area contributed by atoms with Crippen molar-refractivity contribution in [3.63, 3.8) is 0 Å². The molecule has 4 rings (SSSR count). The van der Waals surface area contributed by atoms with Crippen molar-refractivity contribution >= 4 is 0 Å². The first-order chi connectivity index (χ1) is 13.3. The van der Waals surface area contributed by atoms with Crippen LogP contribution in [-0.2, 0) is 6.54 Å². The maximum absolute atomic E-state index is 9.84. The van der Waals surface area contributed by atoms with Gasteiger partial charge in [-0.15, -0.1) is 0 Å². The highest BCUT2D eigenvalue weighted by atomic mass is 16.5. The Balaban J connectivity index is 1.36. The molecule has 0 radical (unpaired) electrons. The van der Waals surface area contributed by atoms with Crippen LogP contribution in [0.4, 0.5) is 0 Å². The Morgan fingerprint density at radius 3 is 2.37 bits per heavy atom. The lowest BCUT2D eigenvalue weighted by molar-refractivity contribution is 0.175. The molecule has 0 amide bonds. The summed E-state index contributed by atoms with van der Waals surface area (Å²) >= 11 is 0. The average molecular weight is 367 g/mol. The molecule has 27 heavy (non-hydrogen) atoms. The van der Waals surface area contributed by atoms with Crippen molar-refractivity contribution in [1.29, 1.82) is 0 Å². The number of nitrogens with zero attached hydrogens (tertiary/aromatic N) is 2. The Kier molecular flexibility index (Phi) is 6.07. The third kappa shape index (κ3) is 4.89. The zero-order valence-electron chi connectivity index (χ0n) is 16.0. The SMILES string of the molecule is OC[C@@H]1CN(Cc2cccc(Oc3ccccc3)c2)C[C@@H]1CN1CCCC1. The predicted molar refractivity (Wildman–Crippen MR) is 108 cm³/mol. The molecule has 2 saturated heterocycles. The van der Waals surface area contributed by atoms with Crippen molar-refractivity contribution in [3.8, 4) is 11.5 Å². The fourth-order valence-electron chi connectivity index (χ4n) is 4.47. The van der Waals surface area contributed by atoms with E-state index in [-0.39, 0.29) is 0 Å². The largest absolute Gasteiger partial charge is 0.457 e. The topological polar surface area (TPSA) is 35.9 Å². The van der Waals surface area contributed by atoms with E-state index in [0.29, 0.717) is 18.4 Å². The van der Waals surface area contributed by atoms with Gasteiger partial charge in [0.15, 0.2) is 0 Å². The summed E-state index contributed by atoms with van der Waals surface area (Å²) in [6.07, 6.45) is 2.66. The molecule has 4 nitrogen and oxygen atoms in total. The van der Waals surface area contributed by atoms with Gasteiger partial charge in [0, 0.05) is 32.8 Å². The molecule has 144 valence electrons. The Bertz CT molecular complexity index is 715. The molecule has 1 N–H and O–H groups in total. The van der Waals surface area contributed by atoms with Gasteiger partial charge in [0.05, 0.1) is 0 Å². The van der Waals surface area contributed by atoms with Crippen LogP contribution in [0.15, 0.2) is 54.6 Å². The molecule has 2 aromatic carbocycles. The number of benzene rings is 2. The van der Waals surface area contributed by atoms with Crippen LogP contribution < -0.4 is 4.74 Å². The van der Waals surface area contributed by atoms with Gasteiger partial charge in [-0.25, -0.2) is 0 Å². The third-order valence-corrected chi connectivity index (χ3v) is 5.86. The molecule has 0 saturated carbocycles. The fourth-order valence-corrected chi connectivity index (χ4v) is 4.47. The summed E-state index contributed by atoms with van der Waals surface area (Å²) in [4.78, 5) is 5.06. The van der Waals surface area contributed by atoms with Gasteiger partial charge in [-0.05, 0) is 67.6 Å². The van der Waals surface area contributed by atoms with Gasteiger partial charge in [-0.3, -0.25) is 4.90 Å². The minimum atomic E-state index is 0.298. The lowest BCUT2D eigenvalue weighted by Gasteiger charge is -2.23. The van der Waals surface area contributed by atoms with E-state index in [1.807, 2.05) is 36.4 Å². The molecule has 2 aliphatic rings. The minimum absolute atomic E-state index is 0.298. The quantitative estimate of drug-likeness (QED) is 0.812. The molecule has 4 heteroatoms. The Morgan fingerprint density at radius 2 is 1.59 bits per heavy atom. The van der Waals surface area contributed by atoms with Gasteiger partial charge in [0.25, 0.3) is 0 Å². The van der Waals surface area contributed by atoms with E-state index in [0.717, 1.165) is 37.7 Å². The first-order valence-corrected chi connectivity index (χ1v) is 10.2. The lowest BCUT2D eigenvalue weighted by atomic mass is 9.96. The van der Waals surface area contributed by atoms with E-state index < -0.39 is 0 Å². The van der Waals surface area contributed by atoms with Crippen molar-refractivity contribution in [2.24, 2.45) is 11.8 Å². The summed E-state index contributed by atoms with van der Waals surface area (Å²) in [5, 5.41) is 9.84. The van der Waals surface area contributed by atoms with E-state index in [1.165, 1.54) is 31.5 Å². The molecule has 0 spiro atoms. The first kappa shape index (κ1) is 18.5. The van der Waals surface area contributed by atoms with Crippen LogP contribution in [0.3, 0.4) is 0 Å². The molecular formula is C23H30N2O2. The molecule has 0 aromatic heterocycles. The molecule has 2 aromatic rings. The van der Waals surface area contributed by atoms with Crippen LogP contribution >= 0.6 is 0 Å². The molecule has 2 heterocycles. The summed E-state index contributed by atoms with van der Waals surface area (Å²) in [6.45, 7) is 6.87. The van der Waals surface area contributed by atoms with Gasteiger partial charge in [-0.1, -0.05) is 30.3 Å². The standard InChI is InChI=1S/C23H30N2O2/c26-18-21-17-25(16-20(21)15-24-11-4-5-12-24)14-19-7-6-10-23(13-19)27-22-8-2-1-3-9-22/h1-3,6-10,13,20-21,26H,4-5,11-12,14-18H2/t20-,21-/m0/s1. The van der Waals surface area contributed by atoms with Crippen molar-refractivity contribution in [1.82, 2.24) is 9.80 Å². The second-order valence-corrected chi connectivity index (χ2v) is 7.97. The summed E-state index contributed by atoms with van der Waals surface area (Å²) in [5.41, 5.74) is 1.27. The van der Waals surface area contributed by atoms with Gasteiger partial charge >= 0.3 is 0 Å². The average Bonchev–Trinajstić information content (AvgIpc) is 3.33. The molecule has 0 bridgehead atoms. The Labute approximate surface area is 162 Å². The summed E-state index contributed by atoms with van der Waals surface area (Å²) < 4.78 is 5.97. The van der Waals surface area contributed by atoms with Crippen LogP contribution in [0, 0.1) is 11.8 Å². The fraction of sp³-hybridized carbons (Fsp3) is 0.478. The van der Waals surface area contributed by atoms with Crippen molar-refractivity contribution < 1.29 is 9.84 Å². The molecule has 0 aliphatic carbocycles. The third-order valence-electron chi connectivity index (χ3n) is 5.86. The number of aliphatic hydroxyl groups is 1. The molecule has 2 aliphatic heterocycles. The number of hydrogen-bond acceptors (Lipinski definition) is 4. The molecule has 2 fully saturated rings. The van der Waals surface area contributed by atoms with Crippen molar-refractivity contribution in [2.45, 2.75) is 19.4 Å². The van der Waals surface area contributed by atoms with Crippen molar-refractivity contribution in [2.75, 3.05) is 39.3 Å². The van der Waals surface area contributed by atoms with Crippen LogP contribution in [-0.4, -0.2) is 54.2 Å². The molecule has 0 unspecified atom stereocenters. The zero-order chi connectivity index (χ0) is 18.5. The second kappa shape index (κ2) is 8.87. The van der Waals surface area contributed by atoms with Gasteiger partial charge in [0.1, 0.15) is 11.5 Å². The Morgan fingerprint density at radius 1 is 0.852 bits per heavy atom. The van der Waals surface area contributed by atoms with Crippen LogP contribution in [0.1, 0.15) is 18.4 Å². The summed E-state index contributed by atoms with van der Waals surface area (Å²) in [6, 6.07) is 18.3. The summed E-state index contributed by atoms with van der Waals surface area (Å²) in [7, 11) is 0. The number of aliphatic hydroxyl groups excluding tert-OH is 1. The van der Waals surface area contributed by atoms with Crippen LogP contribution in [0.2, 0.25) is 0 Å². The first-order valence-electron chi connectivity index (χ1n) is 10.2. The minimum Gasteiger partial charge on any atom is -0.457 e. The van der Waals surface area contributed by atoms with E-state index >= 15 is 0 Å². The van der Waals surface area contributed by atoms with Gasteiger partial charge in [0.2, 0.25) is 0 Å². The van der Waals surface area contributed by atoms with E-state index in [4.69, 9.17) is 4.74 Å². The number of hydrogen-bond donors (Lipinski definition) is 1. The zero-order valence-corrected chi connectivity index (χ0v) is 16.0. The highest BCUT2D eigenvalue weighted by molar-refractivity contribution is 5.33. The number of para-hydroxylation sites is 1. The van der Waals surface area contributed by atoms with Gasteiger partial charge < -0.3 is 14.7 Å². The second-order valence-electron chi connectivity index (χ2n) is 7.97. The van der Waals surface area contributed by atoms with E-state index in [1.54, 1.807) is 0 Å². The highest BCUT2D eigenvalue weighted by Crippen LogP contribution is 2.28. The maximum Gasteiger partial charge on any atom is 0.127 e. The van der Waals surface area contributed by atoms with E-state index in [2.05, 4.69) is 28.0 Å². The highest BCUT2D eigenvalue weighted by Gasteiger charge is 2.33. The number of ether oxygens (including phenoxy) is 1. The normalized spacial score (nSPS) is 23.7. The van der Waals surface area contributed by atoms with Crippen molar-refractivity contribution in [3.05, 3.63) is 60.2 Å². The Hall–Kier alpha value is -1.88. The lowest BCUT2D eigenvalue weighted by Crippen LogP contribution is -2.31. The smallest absolute Gasteiger partial charge is 0.127 e. The van der Waals surface area contributed by atoms with Gasteiger partial charge in [-0.2, -0.15) is 0 Å².